The summed E-state index contributed by atoms with van der Waals surface area (Å²) in [5, 5.41) is 0.765. The third-order valence-electron chi connectivity index (χ3n) is 2.03. The van der Waals surface area contributed by atoms with Gasteiger partial charge in [0.15, 0.2) is 0 Å². The molecule has 86 valence electrons. The Morgan fingerprint density at radius 2 is 2.06 bits per heavy atom. The van der Waals surface area contributed by atoms with Crippen LogP contribution in [0.1, 0.15) is 5.01 Å². The minimum atomic E-state index is -4.53. The molecule has 0 atom stereocenters. The van der Waals surface area contributed by atoms with E-state index in [0.717, 1.165) is 9.71 Å². The fourth-order valence-electron chi connectivity index (χ4n) is 1.30. The summed E-state index contributed by atoms with van der Waals surface area (Å²) < 4.78 is 47.8. The van der Waals surface area contributed by atoms with E-state index in [0.29, 0.717) is 5.52 Å². The number of hydrogen-bond donors (Lipinski definition) is 0. The molecule has 7 heteroatoms. The van der Waals surface area contributed by atoms with Gasteiger partial charge in [-0.05, 0) is 25.1 Å². The van der Waals surface area contributed by atoms with E-state index in [1.807, 2.05) is 0 Å². The number of halogens is 2. The quantitative estimate of drug-likeness (QED) is 0.836. The van der Waals surface area contributed by atoms with Crippen LogP contribution in [0.2, 0.25) is 0 Å². The van der Waals surface area contributed by atoms with Gasteiger partial charge in [-0.3, -0.25) is 0 Å². The van der Waals surface area contributed by atoms with Crippen LogP contribution in [0, 0.1) is 6.92 Å². The van der Waals surface area contributed by atoms with E-state index >= 15 is 0 Å². The van der Waals surface area contributed by atoms with Gasteiger partial charge >= 0.3 is 5.76 Å². The maximum atomic E-state index is 12.3. The third-order valence-corrected chi connectivity index (χ3v) is 4.36. The molecule has 0 fully saturated rings. The molecule has 0 aliphatic rings. The SMILES string of the molecule is Cc1nc2cc(S(=O)(=O)C(F)F)ccc2s1. The van der Waals surface area contributed by atoms with Gasteiger partial charge in [-0.15, -0.1) is 11.3 Å². The number of rotatable bonds is 2. The number of aryl methyl sites for hydroxylation is 1. The molecule has 0 N–H and O–H groups in total. The first-order valence-corrected chi connectivity index (χ1v) is 6.67. The van der Waals surface area contributed by atoms with E-state index in [2.05, 4.69) is 4.98 Å². The molecule has 0 bridgehead atoms. The number of hydrogen-bond acceptors (Lipinski definition) is 4. The Morgan fingerprint density at radius 3 is 2.69 bits per heavy atom. The van der Waals surface area contributed by atoms with Crippen molar-refractivity contribution in [3.05, 3.63) is 23.2 Å². The van der Waals surface area contributed by atoms with E-state index in [9.17, 15) is 17.2 Å². The maximum Gasteiger partial charge on any atom is 0.341 e. The summed E-state index contributed by atoms with van der Waals surface area (Å²) in [4.78, 5) is 3.67. The highest BCUT2D eigenvalue weighted by atomic mass is 32.2. The van der Waals surface area contributed by atoms with Crippen LogP contribution in [-0.4, -0.2) is 19.2 Å². The van der Waals surface area contributed by atoms with Crippen molar-refractivity contribution in [2.45, 2.75) is 17.6 Å². The van der Waals surface area contributed by atoms with Crippen molar-refractivity contribution in [2.75, 3.05) is 0 Å². The number of thiazole rings is 1. The van der Waals surface area contributed by atoms with Crippen molar-refractivity contribution < 1.29 is 17.2 Å². The van der Waals surface area contributed by atoms with Gasteiger partial charge in [0, 0.05) is 0 Å². The van der Waals surface area contributed by atoms with Crippen molar-refractivity contribution in [2.24, 2.45) is 0 Å². The summed E-state index contributed by atoms with van der Waals surface area (Å²) in [6.07, 6.45) is 0. The number of aromatic nitrogens is 1. The summed E-state index contributed by atoms with van der Waals surface area (Å²) in [7, 11) is -4.53. The van der Waals surface area contributed by atoms with Crippen LogP contribution in [0.5, 0.6) is 0 Å². The van der Waals surface area contributed by atoms with Gasteiger partial charge < -0.3 is 0 Å². The molecule has 0 saturated carbocycles. The van der Waals surface area contributed by atoms with Crippen LogP contribution >= 0.6 is 11.3 Å². The molecular weight excluding hydrogens is 256 g/mol. The number of alkyl halides is 2. The number of benzene rings is 1. The molecule has 1 aromatic carbocycles. The van der Waals surface area contributed by atoms with Crippen LogP contribution in [0.25, 0.3) is 10.2 Å². The van der Waals surface area contributed by atoms with E-state index in [4.69, 9.17) is 0 Å². The summed E-state index contributed by atoms with van der Waals surface area (Å²) in [6.45, 7) is 1.77. The van der Waals surface area contributed by atoms with Gasteiger partial charge in [-0.25, -0.2) is 13.4 Å². The van der Waals surface area contributed by atoms with Crippen molar-refractivity contribution in [1.82, 2.24) is 4.98 Å². The monoisotopic (exact) mass is 263 g/mol. The van der Waals surface area contributed by atoms with Crippen LogP contribution in [0.4, 0.5) is 8.78 Å². The van der Waals surface area contributed by atoms with Gasteiger partial charge in [-0.1, -0.05) is 0 Å². The highest BCUT2D eigenvalue weighted by Crippen LogP contribution is 2.26. The van der Waals surface area contributed by atoms with Crippen LogP contribution in [0.15, 0.2) is 23.1 Å². The van der Waals surface area contributed by atoms with Gasteiger partial charge in [0.1, 0.15) is 0 Å². The van der Waals surface area contributed by atoms with Crippen molar-refractivity contribution >= 4 is 31.4 Å². The first-order chi connectivity index (χ1) is 7.41. The Kier molecular flexibility index (Phi) is 2.67. The van der Waals surface area contributed by atoms with E-state index in [1.54, 1.807) is 6.92 Å². The largest absolute Gasteiger partial charge is 0.341 e. The normalized spacial score (nSPS) is 12.5. The van der Waals surface area contributed by atoms with E-state index < -0.39 is 15.6 Å². The van der Waals surface area contributed by atoms with Gasteiger partial charge in [0.2, 0.25) is 9.84 Å². The van der Waals surface area contributed by atoms with Crippen LogP contribution in [-0.2, 0) is 9.84 Å². The molecule has 3 nitrogen and oxygen atoms in total. The van der Waals surface area contributed by atoms with Crippen LogP contribution in [0.3, 0.4) is 0 Å². The average molecular weight is 263 g/mol. The Labute approximate surface area is 94.7 Å². The van der Waals surface area contributed by atoms with Gasteiger partial charge in [0.25, 0.3) is 0 Å². The van der Waals surface area contributed by atoms with Gasteiger partial charge in [-0.2, -0.15) is 8.78 Å². The van der Waals surface area contributed by atoms with Crippen molar-refractivity contribution in [3.8, 4) is 0 Å². The second kappa shape index (κ2) is 3.74. The summed E-state index contributed by atoms with van der Waals surface area (Å²) >= 11 is 1.39. The highest BCUT2D eigenvalue weighted by molar-refractivity contribution is 7.91. The zero-order chi connectivity index (χ0) is 11.9. The van der Waals surface area contributed by atoms with E-state index in [1.165, 1.54) is 29.5 Å². The zero-order valence-electron chi connectivity index (χ0n) is 8.15. The summed E-state index contributed by atoms with van der Waals surface area (Å²) in [5.74, 6) is -3.40. The molecule has 0 aliphatic carbocycles. The maximum absolute atomic E-state index is 12.3. The smallest absolute Gasteiger partial charge is 0.241 e. The molecule has 1 heterocycles. The number of fused-ring (bicyclic) bond motifs is 1. The Bertz CT molecular complexity index is 634. The predicted octanol–water partition coefficient (Wildman–Crippen LogP) is 2.60. The molecule has 2 aromatic rings. The lowest BCUT2D eigenvalue weighted by atomic mass is 10.3. The van der Waals surface area contributed by atoms with E-state index in [-0.39, 0.29) is 4.90 Å². The van der Waals surface area contributed by atoms with Crippen molar-refractivity contribution in [1.29, 1.82) is 0 Å². The molecule has 0 unspecified atom stereocenters. The second-order valence-corrected chi connectivity index (χ2v) is 6.32. The molecule has 0 aliphatic heterocycles. The fourth-order valence-corrected chi connectivity index (χ4v) is 2.85. The highest BCUT2D eigenvalue weighted by Gasteiger charge is 2.26. The molecule has 0 spiro atoms. The Balaban J connectivity index is 2.63. The standard InChI is InChI=1S/C9H7F2NO2S2/c1-5-12-7-4-6(2-3-8(7)15-5)16(13,14)9(10)11/h2-4,9H,1H3. The average Bonchev–Trinajstić information content (AvgIpc) is 2.56. The molecule has 2 rings (SSSR count). The lowest BCUT2D eigenvalue weighted by Gasteiger charge is -2.01. The first kappa shape index (κ1) is 11.4. The van der Waals surface area contributed by atoms with Crippen molar-refractivity contribution in [3.63, 3.8) is 0 Å². The van der Waals surface area contributed by atoms with Crippen LogP contribution < -0.4 is 0 Å². The summed E-state index contributed by atoms with van der Waals surface area (Å²) in [6, 6.07) is 3.86. The Morgan fingerprint density at radius 1 is 1.38 bits per heavy atom. The zero-order valence-corrected chi connectivity index (χ0v) is 9.78. The molecule has 0 amide bonds. The molecule has 16 heavy (non-hydrogen) atoms. The molecule has 1 aromatic heterocycles. The topological polar surface area (TPSA) is 47.0 Å². The molecule has 0 radical (unpaired) electrons. The second-order valence-electron chi connectivity index (χ2n) is 3.17. The molecule has 0 saturated heterocycles. The lowest BCUT2D eigenvalue weighted by molar-refractivity contribution is 0.235. The fraction of sp³-hybridized carbons (Fsp3) is 0.222. The van der Waals surface area contributed by atoms with Gasteiger partial charge in [0.05, 0.1) is 20.1 Å². The summed E-state index contributed by atoms with van der Waals surface area (Å²) in [5.41, 5.74) is 0.434. The predicted molar refractivity (Wildman–Crippen MR) is 57.5 cm³/mol. The first-order valence-electron chi connectivity index (χ1n) is 4.30. The number of nitrogens with zero attached hydrogens (tertiary/aromatic N) is 1. The lowest BCUT2D eigenvalue weighted by Crippen LogP contribution is -2.11. The Hall–Kier alpha value is -1.08. The minimum absolute atomic E-state index is 0.389. The minimum Gasteiger partial charge on any atom is -0.241 e. The number of sulfone groups is 1. The third kappa shape index (κ3) is 1.80. The molecular formula is C9H7F2NO2S2.